The fraction of sp³-hybridized carbons (Fsp3) is 0.520. The second-order valence-corrected chi connectivity index (χ2v) is 19.1. The Morgan fingerprint density at radius 2 is 0.972 bits per heavy atom. The normalized spacial score (nSPS) is 14.7. The molecule has 1 heterocycles. The van der Waals surface area contributed by atoms with Crippen LogP contribution in [0.2, 0.25) is 0 Å². The molecule has 0 saturated heterocycles. The first-order valence-corrected chi connectivity index (χ1v) is 24.0. The van der Waals surface area contributed by atoms with E-state index in [4.69, 9.17) is 10.8 Å². The summed E-state index contributed by atoms with van der Waals surface area (Å²) >= 11 is 0. The maximum atomic E-state index is 14.5. The Kier molecular flexibility index (Phi) is 23.3. The van der Waals surface area contributed by atoms with E-state index in [0.717, 1.165) is 0 Å². The van der Waals surface area contributed by atoms with Crippen molar-refractivity contribution in [3.05, 3.63) is 71.9 Å². The number of rotatable bonds is 30. The van der Waals surface area contributed by atoms with E-state index in [1.165, 1.54) is 6.92 Å². The topological polar surface area (TPSA) is 357 Å². The molecule has 0 saturated carbocycles. The van der Waals surface area contributed by atoms with E-state index in [9.17, 15) is 58.2 Å². The van der Waals surface area contributed by atoms with Crippen LogP contribution in [0.25, 0.3) is 10.9 Å². The third-order valence-electron chi connectivity index (χ3n) is 11.6. The van der Waals surface area contributed by atoms with Crippen LogP contribution in [-0.2, 0) is 60.8 Å². The van der Waals surface area contributed by atoms with Crippen LogP contribution in [0.1, 0.15) is 98.1 Å². The SMILES string of the molecule is CC(C)C[C@H](NC(=O)[C@H](CC(C)C)NC(=O)[C@H](Cc1c[nH]c2ccccc12)NC(=O)[C@H](CCC(=O)O)NC(=O)[C@@H](NC(=O)[C@H](Cc1ccccc1)NC(=O)[C@@H](N)CCC(=O)O)C(C)C)C(=O)N[C@@H](C)C(=O)O. The van der Waals surface area contributed by atoms with E-state index in [1.807, 2.05) is 0 Å². The van der Waals surface area contributed by atoms with Crippen molar-refractivity contribution in [2.24, 2.45) is 23.5 Å². The van der Waals surface area contributed by atoms with Crippen LogP contribution in [0, 0.1) is 17.8 Å². The fourth-order valence-electron chi connectivity index (χ4n) is 7.66. The van der Waals surface area contributed by atoms with Gasteiger partial charge in [0.25, 0.3) is 0 Å². The maximum absolute atomic E-state index is 14.5. The van der Waals surface area contributed by atoms with Crippen molar-refractivity contribution in [3.63, 3.8) is 0 Å². The first-order valence-electron chi connectivity index (χ1n) is 24.0. The largest absolute Gasteiger partial charge is 0.481 e. The molecular weight excluding hydrogens is 935 g/mol. The minimum Gasteiger partial charge on any atom is -0.481 e. The van der Waals surface area contributed by atoms with Gasteiger partial charge < -0.3 is 63.3 Å². The van der Waals surface area contributed by atoms with Gasteiger partial charge in [-0.05, 0) is 67.6 Å². The van der Waals surface area contributed by atoms with Crippen molar-refractivity contribution < 1.29 is 63.3 Å². The number of carboxylic acids is 3. The molecule has 22 nitrogen and oxygen atoms in total. The van der Waals surface area contributed by atoms with Crippen LogP contribution < -0.4 is 43.0 Å². The minimum atomic E-state index is -1.60. The number of amides is 7. The van der Waals surface area contributed by atoms with E-state index < -0.39 is 133 Å². The molecule has 1 aromatic heterocycles. The maximum Gasteiger partial charge on any atom is 0.325 e. The molecule has 0 aliphatic heterocycles. The lowest BCUT2D eigenvalue weighted by Crippen LogP contribution is -2.61. The molecule has 7 amide bonds. The molecule has 2 aromatic carbocycles. The van der Waals surface area contributed by atoms with Gasteiger partial charge in [-0.25, -0.2) is 0 Å². The highest BCUT2D eigenvalue weighted by Gasteiger charge is 2.36. The number of aromatic nitrogens is 1. The summed E-state index contributed by atoms with van der Waals surface area (Å²) in [6.45, 7) is 11.7. The Balaban J connectivity index is 1.97. The zero-order chi connectivity index (χ0) is 53.8. The van der Waals surface area contributed by atoms with Gasteiger partial charge in [0.2, 0.25) is 41.4 Å². The van der Waals surface area contributed by atoms with Crippen LogP contribution in [0.15, 0.2) is 60.8 Å². The number of fused-ring (bicyclic) bond motifs is 1. The summed E-state index contributed by atoms with van der Waals surface area (Å²) in [6.07, 6.45) is -0.0827. The lowest BCUT2D eigenvalue weighted by Gasteiger charge is -2.29. The third-order valence-corrected chi connectivity index (χ3v) is 11.6. The molecule has 0 spiro atoms. The predicted molar refractivity (Wildman–Crippen MR) is 264 cm³/mol. The standard InChI is InChI=1S/C50H71N9O13/c1-26(2)21-36(45(66)53-29(7)50(71)72)56-46(67)37(22-27(3)4)57-47(68)39(24-31-25-52-34-16-12-11-15-32(31)34)58-44(65)35(18-20-41(62)63)54-49(70)42(28(5)6)59-48(69)38(23-30-13-9-8-10-14-30)55-43(64)33(51)17-19-40(60)61/h8-16,25-29,33,35-39,42,52H,17-24,51H2,1-7H3,(H,53,66)(H,54,70)(H,55,64)(H,56,67)(H,57,68)(H,58,65)(H,59,69)(H,60,61)(H,62,63)(H,71,72)/t29-,33-,35-,36-,37-,38-,39-,42-/m0/s1. The third kappa shape index (κ3) is 19.4. The van der Waals surface area contributed by atoms with E-state index in [1.54, 1.807) is 102 Å². The zero-order valence-electron chi connectivity index (χ0n) is 41.8. The Bertz CT molecular complexity index is 2370. The summed E-state index contributed by atoms with van der Waals surface area (Å²) in [5, 5.41) is 47.0. The molecule has 394 valence electrons. The molecule has 0 fully saturated rings. The first kappa shape index (κ1) is 59.0. The Labute approximate surface area is 418 Å². The van der Waals surface area contributed by atoms with Crippen LogP contribution in [0.5, 0.6) is 0 Å². The molecule has 0 aliphatic rings. The van der Waals surface area contributed by atoms with Crippen LogP contribution >= 0.6 is 0 Å². The quantitative estimate of drug-likeness (QED) is 0.0448. The molecule has 3 rings (SSSR count). The van der Waals surface area contributed by atoms with Crippen molar-refractivity contribution in [3.8, 4) is 0 Å². The Morgan fingerprint density at radius 3 is 1.53 bits per heavy atom. The van der Waals surface area contributed by atoms with Gasteiger partial charge >= 0.3 is 17.9 Å². The summed E-state index contributed by atoms with van der Waals surface area (Å²) in [5.74, 6) is -10.6. The van der Waals surface area contributed by atoms with Gasteiger partial charge in [-0.1, -0.05) is 90.1 Å². The molecule has 0 radical (unpaired) electrons. The molecule has 72 heavy (non-hydrogen) atoms. The second kappa shape index (κ2) is 28.5. The highest BCUT2D eigenvalue weighted by atomic mass is 16.4. The molecule has 0 bridgehead atoms. The molecule has 0 unspecified atom stereocenters. The summed E-state index contributed by atoms with van der Waals surface area (Å²) in [4.78, 5) is 135. The van der Waals surface area contributed by atoms with Crippen LogP contribution in [0.4, 0.5) is 0 Å². The molecule has 3 aromatic rings. The molecule has 0 aliphatic carbocycles. The monoisotopic (exact) mass is 1010 g/mol. The number of aromatic amines is 1. The number of nitrogens with two attached hydrogens (primary N) is 1. The van der Waals surface area contributed by atoms with Gasteiger partial charge in [0.15, 0.2) is 0 Å². The lowest BCUT2D eigenvalue weighted by atomic mass is 9.98. The summed E-state index contributed by atoms with van der Waals surface area (Å²) in [7, 11) is 0. The van der Waals surface area contributed by atoms with Crippen molar-refractivity contribution >= 4 is 70.2 Å². The predicted octanol–water partition coefficient (Wildman–Crippen LogP) is 1.26. The zero-order valence-corrected chi connectivity index (χ0v) is 41.8. The van der Waals surface area contributed by atoms with Gasteiger partial charge in [0, 0.05) is 42.8 Å². The fourth-order valence-corrected chi connectivity index (χ4v) is 7.66. The van der Waals surface area contributed by atoms with Crippen molar-refractivity contribution in [2.45, 2.75) is 148 Å². The summed E-state index contributed by atoms with van der Waals surface area (Å²) < 4.78 is 0. The van der Waals surface area contributed by atoms with E-state index in [0.29, 0.717) is 22.0 Å². The number of H-pyrrole nitrogens is 1. The highest BCUT2D eigenvalue weighted by Crippen LogP contribution is 2.20. The van der Waals surface area contributed by atoms with Gasteiger partial charge in [0.05, 0.1) is 6.04 Å². The summed E-state index contributed by atoms with van der Waals surface area (Å²) in [5.41, 5.74) is 7.86. The Hall–Kier alpha value is -7.36. The van der Waals surface area contributed by atoms with Crippen molar-refractivity contribution in [1.82, 2.24) is 42.2 Å². The highest BCUT2D eigenvalue weighted by molar-refractivity contribution is 5.98. The number of carboxylic acid groups (broad SMARTS) is 3. The lowest BCUT2D eigenvalue weighted by molar-refractivity contribution is -0.142. The average Bonchev–Trinajstić information content (AvgIpc) is 3.72. The van der Waals surface area contributed by atoms with Gasteiger partial charge in [-0.15, -0.1) is 0 Å². The van der Waals surface area contributed by atoms with E-state index in [-0.39, 0.29) is 43.9 Å². The smallest absolute Gasteiger partial charge is 0.325 e. The number of aliphatic carboxylic acids is 3. The Morgan fingerprint density at radius 1 is 0.514 bits per heavy atom. The van der Waals surface area contributed by atoms with Crippen molar-refractivity contribution in [2.75, 3.05) is 0 Å². The molecule has 8 atom stereocenters. The number of hydrogen-bond donors (Lipinski definition) is 12. The second-order valence-electron chi connectivity index (χ2n) is 19.1. The van der Waals surface area contributed by atoms with Crippen LogP contribution in [0.3, 0.4) is 0 Å². The molecule has 22 heteroatoms. The van der Waals surface area contributed by atoms with Gasteiger partial charge in [-0.2, -0.15) is 0 Å². The number of nitrogens with one attached hydrogen (secondary N) is 8. The number of benzene rings is 2. The molecular formula is C50H71N9O13. The summed E-state index contributed by atoms with van der Waals surface area (Å²) in [6, 6.07) is 5.02. The first-order chi connectivity index (χ1) is 33.9. The van der Waals surface area contributed by atoms with Crippen molar-refractivity contribution in [1.29, 1.82) is 0 Å². The number of carbonyl (C=O) groups excluding carboxylic acids is 7. The van der Waals surface area contributed by atoms with Gasteiger partial charge in [0.1, 0.15) is 42.3 Å². The number of carbonyl (C=O) groups is 10. The molecule has 13 N–H and O–H groups in total. The van der Waals surface area contributed by atoms with Crippen LogP contribution in [-0.4, -0.2) is 128 Å². The number of hydrogen-bond acceptors (Lipinski definition) is 11. The van der Waals surface area contributed by atoms with Gasteiger partial charge in [-0.3, -0.25) is 47.9 Å². The van der Waals surface area contributed by atoms with E-state index >= 15 is 0 Å². The van der Waals surface area contributed by atoms with E-state index in [2.05, 4.69) is 42.2 Å². The number of para-hydroxylation sites is 1. The average molecular weight is 1010 g/mol. The minimum absolute atomic E-state index is 0.0559.